The molecule has 0 atom stereocenters. The average Bonchev–Trinajstić information content (AvgIpc) is 0.722. The summed E-state index contributed by atoms with van der Waals surface area (Å²) in [4.78, 5) is 0. The molecule has 11 heavy (non-hydrogen) atoms. The fraction of sp³-hybridized carbons (Fsp3) is 0. The first-order valence-corrected chi connectivity index (χ1v) is 2.00. The Labute approximate surface area is 73.0 Å². The monoisotopic (exact) mass is 242 g/mol. The van der Waals surface area contributed by atoms with Crippen molar-refractivity contribution in [2.75, 3.05) is 0 Å². The van der Waals surface area contributed by atoms with Crippen LogP contribution in [0.2, 0.25) is 0 Å². The van der Waals surface area contributed by atoms with Crippen LogP contribution in [0.3, 0.4) is 0 Å². The summed E-state index contributed by atoms with van der Waals surface area (Å²) in [5.41, 5.74) is 0. The molecular weight excluding hydrogens is 232 g/mol. The molecule has 0 aliphatic carbocycles. The first kappa shape index (κ1) is 66.2. The molecular formula is H10FeO9S+. The van der Waals surface area contributed by atoms with E-state index in [1.807, 2.05) is 0 Å². The Hall–Kier alpha value is 0.189. The van der Waals surface area contributed by atoms with Crippen LogP contribution < -0.4 is 0 Å². The van der Waals surface area contributed by atoms with Gasteiger partial charge in [-0.1, -0.05) is 0 Å². The third-order valence-electron chi connectivity index (χ3n) is 0. The molecule has 0 aliphatic rings. The van der Waals surface area contributed by atoms with Crippen molar-refractivity contribution in [3.8, 4) is 0 Å². The summed E-state index contributed by atoms with van der Waals surface area (Å²) >= 11 is 0. The summed E-state index contributed by atoms with van der Waals surface area (Å²) in [6.45, 7) is 0. The molecule has 0 fully saturated rings. The zero-order chi connectivity index (χ0) is 4.50. The third-order valence-corrected chi connectivity index (χ3v) is 0. The second-order valence-corrected chi connectivity index (χ2v) is 1.22. The number of hydrogen-bond acceptors (Lipinski definition) is 4. The largest absolute Gasteiger partial charge is 3.00 e. The molecule has 0 spiro atoms. The Kier molecular flexibility index (Phi) is 135. The summed E-state index contributed by atoms with van der Waals surface area (Å²) in [5, 5.41) is 0. The Bertz CT molecular complexity index is 92.7. The summed E-state index contributed by atoms with van der Waals surface area (Å²) in [6, 6.07) is 0. The van der Waals surface area contributed by atoms with E-state index < -0.39 is 10.4 Å². The van der Waals surface area contributed by atoms with Crippen molar-refractivity contribution < 1.29 is 62.0 Å². The van der Waals surface area contributed by atoms with Gasteiger partial charge in [-0.15, -0.1) is 0 Å². The number of hydrogen-bond donors (Lipinski definition) is 0. The normalized spacial score (nSPS) is 5.27. The van der Waals surface area contributed by atoms with Crippen molar-refractivity contribution in [3.05, 3.63) is 0 Å². The van der Waals surface area contributed by atoms with Crippen LogP contribution in [0.4, 0.5) is 0 Å². The summed E-state index contributed by atoms with van der Waals surface area (Å²) in [7, 11) is -5.17. The molecule has 0 heterocycles. The Morgan fingerprint density at radius 3 is 0.727 bits per heavy atom. The van der Waals surface area contributed by atoms with Crippen LogP contribution >= 0.6 is 0 Å². The van der Waals surface area contributed by atoms with Gasteiger partial charge in [0.2, 0.25) is 0 Å². The average molecular weight is 242 g/mol. The van der Waals surface area contributed by atoms with Gasteiger partial charge >= 0.3 is 17.1 Å². The van der Waals surface area contributed by atoms with Gasteiger partial charge in [-0.25, -0.2) is 0 Å². The van der Waals surface area contributed by atoms with Crippen LogP contribution in [-0.4, -0.2) is 44.9 Å². The summed E-state index contributed by atoms with van der Waals surface area (Å²) < 4.78 is 34.1. The molecule has 9 nitrogen and oxygen atoms in total. The van der Waals surface area contributed by atoms with E-state index in [-0.39, 0.29) is 44.4 Å². The van der Waals surface area contributed by atoms with Gasteiger partial charge in [-0.2, -0.15) is 0 Å². The molecule has 0 unspecified atom stereocenters. The van der Waals surface area contributed by atoms with Crippen molar-refractivity contribution in [1.29, 1.82) is 0 Å². The van der Waals surface area contributed by atoms with Gasteiger partial charge in [0.15, 0.2) is 0 Å². The van der Waals surface area contributed by atoms with Gasteiger partial charge in [0, 0.05) is 10.4 Å². The van der Waals surface area contributed by atoms with Crippen LogP contribution in [0.5, 0.6) is 0 Å². The maximum atomic E-state index is 8.52. The molecule has 77 valence electrons. The first-order valence-electron chi connectivity index (χ1n) is 0.667. The first-order chi connectivity index (χ1) is 2.00. The fourth-order valence-electron chi connectivity index (χ4n) is 0. The molecule has 10 N–H and O–H groups in total. The summed E-state index contributed by atoms with van der Waals surface area (Å²) in [6.07, 6.45) is 0. The second kappa shape index (κ2) is 22.5. The Morgan fingerprint density at radius 2 is 0.727 bits per heavy atom. The molecule has 0 aromatic heterocycles. The molecule has 0 rings (SSSR count). The van der Waals surface area contributed by atoms with Gasteiger partial charge in [-0.05, 0) is 0 Å². The fourth-order valence-corrected chi connectivity index (χ4v) is 0. The van der Waals surface area contributed by atoms with Crippen LogP contribution in [0.25, 0.3) is 0 Å². The predicted octanol–water partition coefficient (Wildman–Crippen LogP) is -5.46. The van der Waals surface area contributed by atoms with Gasteiger partial charge in [-0.3, -0.25) is 8.42 Å². The van der Waals surface area contributed by atoms with E-state index in [0.717, 1.165) is 0 Å². The van der Waals surface area contributed by atoms with E-state index in [1.54, 1.807) is 0 Å². The standard InChI is InChI=1S/Fe.H2O4S.5H2O/c;1-5(2,3)4;;;;;/h;(H2,1,2,3,4);5*1H2/q+3;;;;;;/p-2. The zero-order valence-electron chi connectivity index (χ0n) is 4.89. The van der Waals surface area contributed by atoms with E-state index in [4.69, 9.17) is 17.5 Å². The predicted molar refractivity (Wildman–Crippen MR) is 28.5 cm³/mol. The minimum absolute atomic E-state index is 0. The molecule has 0 saturated carbocycles. The second-order valence-electron chi connectivity index (χ2n) is 0.408. The zero-order valence-corrected chi connectivity index (χ0v) is 6.82. The van der Waals surface area contributed by atoms with Gasteiger partial charge in [0.25, 0.3) is 0 Å². The SMILES string of the molecule is O.O.O.O.O.O=S(=O)([O-])[O-].[Fe+3]. The van der Waals surface area contributed by atoms with Crippen LogP contribution in [-0.2, 0) is 27.5 Å². The van der Waals surface area contributed by atoms with E-state index in [0.29, 0.717) is 0 Å². The van der Waals surface area contributed by atoms with Crippen LogP contribution in [0.1, 0.15) is 0 Å². The van der Waals surface area contributed by atoms with E-state index in [1.165, 1.54) is 0 Å². The maximum Gasteiger partial charge on any atom is 3.00 e. The Balaban J connectivity index is -0.00000000533. The van der Waals surface area contributed by atoms with E-state index in [2.05, 4.69) is 0 Å². The molecule has 1 radical (unpaired) electrons. The molecule has 0 saturated heterocycles. The molecule has 0 aliphatic heterocycles. The van der Waals surface area contributed by atoms with Gasteiger partial charge in [0.05, 0.1) is 0 Å². The number of rotatable bonds is 0. The van der Waals surface area contributed by atoms with Crippen molar-refractivity contribution in [1.82, 2.24) is 0 Å². The third kappa shape index (κ3) is 19000. The van der Waals surface area contributed by atoms with E-state index >= 15 is 0 Å². The van der Waals surface area contributed by atoms with Crippen LogP contribution in [0, 0.1) is 0 Å². The molecule has 0 aromatic carbocycles. The van der Waals surface area contributed by atoms with Crippen LogP contribution in [0.15, 0.2) is 0 Å². The van der Waals surface area contributed by atoms with Gasteiger partial charge in [0.1, 0.15) is 0 Å². The Morgan fingerprint density at radius 1 is 0.727 bits per heavy atom. The van der Waals surface area contributed by atoms with Crippen molar-refractivity contribution in [2.45, 2.75) is 0 Å². The molecule has 11 heteroatoms. The van der Waals surface area contributed by atoms with E-state index in [9.17, 15) is 0 Å². The topological polar surface area (TPSA) is 238 Å². The quantitative estimate of drug-likeness (QED) is 0.229. The molecule has 0 aromatic rings. The van der Waals surface area contributed by atoms with Crippen molar-refractivity contribution >= 4 is 10.4 Å². The van der Waals surface area contributed by atoms with Crippen molar-refractivity contribution in [3.63, 3.8) is 0 Å². The maximum absolute atomic E-state index is 8.52. The summed E-state index contributed by atoms with van der Waals surface area (Å²) in [5.74, 6) is 0. The minimum Gasteiger partial charge on any atom is -0.759 e. The minimum atomic E-state index is -5.17. The smallest absolute Gasteiger partial charge is 0.759 e. The molecule has 0 amide bonds. The van der Waals surface area contributed by atoms with Gasteiger partial charge < -0.3 is 36.5 Å². The van der Waals surface area contributed by atoms with Crippen molar-refractivity contribution in [2.24, 2.45) is 0 Å². The molecule has 0 bridgehead atoms.